The fraction of sp³-hybridized carbons (Fsp3) is 0.0625. The Labute approximate surface area is 126 Å². The van der Waals surface area contributed by atoms with Crippen LogP contribution in [0, 0.1) is 6.92 Å². The minimum absolute atomic E-state index is 0.185. The zero-order valence-electron chi connectivity index (χ0n) is 11.3. The van der Waals surface area contributed by atoms with Gasteiger partial charge in [0.25, 0.3) is 5.91 Å². The third-order valence-corrected chi connectivity index (χ3v) is 3.40. The maximum Gasteiger partial charge on any atom is 0.258 e. The van der Waals surface area contributed by atoms with Crippen LogP contribution in [0.15, 0.2) is 48.7 Å². The predicted molar refractivity (Wildman–Crippen MR) is 83.7 cm³/mol. The summed E-state index contributed by atoms with van der Waals surface area (Å²) in [5, 5.41) is 3.95. The van der Waals surface area contributed by atoms with Gasteiger partial charge in [-0.1, -0.05) is 29.8 Å². The maximum absolute atomic E-state index is 12.3. The first-order chi connectivity index (χ1) is 10.1. The summed E-state index contributed by atoms with van der Waals surface area (Å²) in [6.07, 6.45) is 1.55. The minimum atomic E-state index is -0.288. The Morgan fingerprint density at radius 1 is 1.19 bits per heavy atom. The van der Waals surface area contributed by atoms with Crippen molar-refractivity contribution in [1.82, 2.24) is 9.97 Å². The van der Waals surface area contributed by atoms with Gasteiger partial charge in [0, 0.05) is 17.3 Å². The average Bonchev–Trinajstić information content (AvgIpc) is 2.47. The summed E-state index contributed by atoms with van der Waals surface area (Å²) in [6.45, 7) is 1.89. The number of nitrogens with zero attached hydrogens (tertiary/aromatic N) is 2. The molecule has 3 aromatic rings. The van der Waals surface area contributed by atoms with Gasteiger partial charge in [-0.05, 0) is 31.2 Å². The highest BCUT2D eigenvalue weighted by atomic mass is 35.5. The third kappa shape index (κ3) is 2.71. The van der Waals surface area contributed by atoms with Crippen LogP contribution in [-0.2, 0) is 0 Å². The number of anilines is 1. The van der Waals surface area contributed by atoms with E-state index in [2.05, 4.69) is 15.3 Å². The number of hydrogen-bond donors (Lipinski definition) is 1. The second-order valence-electron chi connectivity index (χ2n) is 4.62. The molecular weight excluding hydrogens is 286 g/mol. The molecule has 0 fully saturated rings. The molecule has 1 aromatic carbocycles. The van der Waals surface area contributed by atoms with Gasteiger partial charge in [-0.15, -0.1) is 0 Å². The molecule has 0 atom stereocenters. The van der Waals surface area contributed by atoms with E-state index >= 15 is 0 Å². The highest BCUT2D eigenvalue weighted by Crippen LogP contribution is 2.24. The van der Waals surface area contributed by atoms with E-state index in [0.29, 0.717) is 11.3 Å². The Kier molecular flexibility index (Phi) is 3.54. The molecule has 5 heteroatoms. The number of benzene rings is 1. The van der Waals surface area contributed by atoms with Crippen molar-refractivity contribution in [2.24, 2.45) is 0 Å². The molecule has 0 saturated heterocycles. The van der Waals surface area contributed by atoms with Crippen molar-refractivity contribution in [3.05, 3.63) is 65.1 Å². The molecule has 1 amide bonds. The molecule has 0 aliphatic carbocycles. The number of pyridine rings is 2. The number of carbonyl (C=O) groups excluding carboxylic acids is 1. The van der Waals surface area contributed by atoms with E-state index in [4.69, 9.17) is 11.6 Å². The van der Waals surface area contributed by atoms with Crippen molar-refractivity contribution in [2.75, 3.05) is 5.32 Å². The summed E-state index contributed by atoms with van der Waals surface area (Å²) in [7, 11) is 0. The number of halogens is 1. The standard InChI is InChI=1S/C16H12ClN3O/c1-10-9-14(11-5-2-3-7-13(11)19-10)20-16(21)12-6-4-8-18-15(12)17/h2-9H,1H3,(H,19,20,21). The average molecular weight is 298 g/mol. The molecule has 0 radical (unpaired) electrons. The number of fused-ring (bicyclic) bond motifs is 1. The monoisotopic (exact) mass is 297 g/mol. The van der Waals surface area contributed by atoms with Crippen molar-refractivity contribution in [2.45, 2.75) is 6.92 Å². The van der Waals surface area contributed by atoms with Gasteiger partial charge in [0.1, 0.15) is 5.15 Å². The zero-order chi connectivity index (χ0) is 14.8. The number of rotatable bonds is 2. The molecule has 0 spiro atoms. The zero-order valence-corrected chi connectivity index (χ0v) is 12.1. The molecule has 104 valence electrons. The maximum atomic E-state index is 12.3. The van der Waals surface area contributed by atoms with E-state index in [-0.39, 0.29) is 11.1 Å². The summed E-state index contributed by atoms with van der Waals surface area (Å²) in [4.78, 5) is 20.7. The molecule has 0 bridgehead atoms. The Morgan fingerprint density at radius 2 is 2.00 bits per heavy atom. The second-order valence-corrected chi connectivity index (χ2v) is 4.98. The lowest BCUT2D eigenvalue weighted by atomic mass is 10.1. The lowest BCUT2D eigenvalue weighted by molar-refractivity contribution is 0.102. The molecule has 21 heavy (non-hydrogen) atoms. The molecule has 0 unspecified atom stereocenters. The lowest BCUT2D eigenvalue weighted by Crippen LogP contribution is -2.13. The summed E-state index contributed by atoms with van der Waals surface area (Å²) in [6, 6.07) is 12.8. The first kappa shape index (κ1) is 13.5. The molecule has 1 N–H and O–H groups in total. The van der Waals surface area contributed by atoms with Gasteiger partial charge in [0.2, 0.25) is 0 Å². The van der Waals surface area contributed by atoms with Crippen LogP contribution in [0.1, 0.15) is 16.1 Å². The third-order valence-electron chi connectivity index (χ3n) is 3.10. The van der Waals surface area contributed by atoms with Gasteiger partial charge in [-0.3, -0.25) is 9.78 Å². The molecule has 2 heterocycles. The van der Waals surface area contributed by atoms with E-state index < -0.39 is 0 Å². The van der Waals surface area contributed by atoms with E-state index in [0.717, 1.165) is 16.6 Å². The van der Waals surface area contributed by atoms with Gasteiger partial charge in [0.15, 0.2) is 0 Å². The Hall–Kier alpha value is -2.46. The van der Waals surface area contributed by atoms with E-state index in [9.17, 15) is 4.79 Å². The van der Waals surface area contributed by atoms with Crippen LogP contribution in [0.2, 0.25) is 5.15 Å². The van der Waals surface area contributed by atoms with Crippen LogP contribution >= 0.6 is 11.6 Å². The number of nitrogens with one attached hydrogen (secondary N) is 1. The number of hydrogen-bond acceptors (Lipinski definition) is 3. The smallest absolute Gasteiger partial charge is 0.258 e. The summed E-state index contributed by atoms with van der Waals surface area (Å²) in [5.41, 5.74) is 2.73. The fourth-order valence-electron chi connectivity index (χ4n) is 2.16. The molecule has 2 aromatic heterocycles. The molecule has 4 nitrogen and oxygen atoms in total. The topological polar surface area (TPSA) is 54.9 Å². The van der Waals surface area contributed by atoms with E-state index in [1.807, 2.05) is 37.3 Å². The van der Waals surface area contributed by atoms with Gasteiger partial charge in [-0.2, -0.15) is 0 Å². The Morgan fingerprint density at radius 3 is 2.81 bits per heavy atom. The lowest BCUT2D eigenvalue weighted by Gasteiger charge is -2.10. The molecular formula is C16H12ClN3O. The van der Waals surface area contributed by atoms with Gasteiger partial charge < -0.3 is 5.32 Å². The number of para-hydroxylation sites is 1. The predicted octanol–water partition coefficient (Wildman–Crippen LogP) is 3.84. The summed E-state index contributed by atoms with van der Waals surface area (Å²) >= 11 is 5.95. The van der Waals surface area contributed by atoms with Crippen molar-refractivity contribution >= 4 is 34.1 Å². The molecule has 0 aliphatic rings. The van der Waals surface area contributed by atoms with Gasteiger partial charge >= 0.3 is 0 Å². The van der Waals surface area contributed by atoms with Gasteiger partial charge in [0.05, 0.1) is 16.8 Å². The van der Waals surface area contributed by atoms with Crippen molar-refractivity contribution < 1.29 is 4.79 Å². The largest absolute Gasteiger partial charge is 0.321 e. The van der Waals surface area contributed by atoms with E-state index in [1.165, 1.54) is 0 Å². The summed E-state index contributed by atoms with van der Waals surface area (Å²) in [5.74, 6) is -0.288. The molecule has 3 rings (SSSR count). The van der Waals surface area contributed by atoms with Crippen LogP contribution in [0.3, 0.4) is 0 Å². The molecule has 0 saturated carbocycles. The van der Waals surface area contributed by atoms with Crippen LogP contribution in [0.25, 0.3) is 10.9 Å². The van der Waals surface area contributed by atoms with E-state index in [1.54, 1.807) is 18.3 Å². The van der Waals surface area contributed by atoms with Crippen LogP contribution < -0.4 is 5.32 Å². The Bertz CT molecular complexity index is 833. The molecule has 0 aliphatic heterocycles. The SMILES string of the molecule is Cc1cc(NC(=O)c2cccnc2Cl)c2ccccc2n1. The Balaban J connectivity index is 2.02. The van der Waals surface area contributed by atoms with Gasteiger partial charge in [-0.25, -0.2) is 4.98 Å². The number of carbonyl (C=O) groups is 1. The fourth-order valence-corrected chi connectivity index (χ4v) is 2.36. The van der Waals surface area contributed by atoms with Crippen molar-refractivity contribution in [3.8, 4) is 0 Å². The number of aromatic nitrogens is 2. The second kappa shape index (κ2) is 5.50. The highest BCUT2D eigenvalue weighted by molar-refractivity contribution is 6.33. The van der Waals surface area contributed by atoms with Crippen LogP contribution in [0.4, 0.5) is 5.69 Å². The first-order valence-electron chi connectivity index (χ1n) is 6.43. The summed E-state index contributed by atoms with van der Waals surface area (Å²) < 4.78 is 0. The quantitative estimate of drug-likeness (QED) is 0.731. The van der Waals surface area contributed by atoms with Crippen molar-refractivity contribution in [1.29, 1.82) is 0 Å². The first-order valence-corrected chi connectivity index (χ1v) is 6.81. The van der Waals surface area contributed by atoms with Crippen LogP contribution in [-0.4, -0.2) is 15.9 Å². The minimum Gasteiger partial charge on any atom is -0.321 e. The highest BCUT2D eigenvalue weighted by Gasteiger charge is 2.13. The van der Waals surface area contributed by atoms with Crippen LogP contribution in [0.5, 0.6) is 0 Å². The number of amides is 1. The number of aryl methyl sites for hydroxylation is 1. The van der Waals surface area contributed by atoms with Crippen molar-refractivity contribution in [3.63, 3.8) is 0 Å². The normalized spacial score (nSPS) is 10.6.